The van der Waals surface area contributed by atoms with Crippen molar-refractivity contribution in [2.45, 2.75) is 75.0 Å². The fourth-order valence-corrected chi connectivity index (χ4v) is 6.58. The van der Waals surface area contributed by atoms with Crippen molar-refractivity contribution in [2.24, 2.45) is 0 Å². The zero-order chi connectivity index (χ0) is 24.2. The zero-order valence-electron chi connectivity index (χ0n) is 21.4. The first kappa shape index (κ1) is 24.5. The molecule has 0 bridgehead atoms. The smallest absolute Gasteiger partial charge is 0.240 e. The van der Waals surface area contributed by atoms with Gasteiger partial charge in [-0.2, -0.15) is 0 Å². The maximum atomic E-state index is 13.9. The van der Waals surface area contributed by atoms with Gasteiger partial charge in [0.05, 0.1) is 6.04 Å². The molecule has 2 N–H and O–H groups in total. The van der Waals surface area contributed by atoms with E-state index in [-0.39, 0.29) is 12.1 Å². The Kier molecular flexibility index (Phi) is 7.86. The van der Waals surface area contributed by atoms with Crippen LogP contribution in [0.5, 0.6) is 0 Å². The van der Waals surface area contributed by atoms with Crippen LogP contribution in [0.25, 0.3) is 0 Å². The van der Waals surface area contributed by atoms with Gasteiger partial charge in [-0.1, -0.05) is 60.7 Å². The third-order valence-electron chi connectivity index (χ3n) is 8.76. The fourth-order valence-electron chi connectivity index (χ4n) is 6.58. The van der Waals surface area contributed by atoms with Crippen LogP contribution in [0.1, 0.15) is 62.0 Å². The average molecular weight is 475 g/mol. The molecular weight excluding hydrogens is 432 g/mol. The van der Waals surface area contributed by atoms with Crippen molar-refractivity contribution >= 4 is 5.91 Å². The van der Waals surface area contributed by atoms with Gasteiger partial charge in [-0.15, -0.1) is 0 Å². The van der Waals surface area contributed by atoms with E-state index in [0.717, 1.165) is 51.9 Å². The standard InChI is InChI=1S/C30H42N4O/c1-22(31-2)28-14-9-15-29(32-28)30(35)34-20-26(24-12-7-4-8-13-24)18-27(34)21-33-17-16-25(19-33)23-10-5-3-6-11-23/h3-8,10-13,22,25-29,31-32H,9,14-21H2,1-2H3. The molecule has 6 atom stereocenters. The average Bonchev–Trinajstić information content (AvgIpc) is 3.56. The Hall–Kier alpha value is -2.21. The van der Waals surface area contributed by atoms with Gasteiger partial charge in [-0.05, 0) is 69.7 Å². The predicted molar refractivity (Wildman–Crippen MR) is 143 cm³/mol. The molecule has 3 aliphatic rings. The van der Waals surface area contributed by atoms with Crippen molar-refractivity contribution in [1.82, 2.24) is 20.4 Å². The first-order chi connectivity index (χ1) is 17.1. The minimum absolute atomic E-state index is 0.0581. The van der Waals surface area contributed by atoms with Gasteiger partial charge in [0.1, 0.15) is 0 Å². The molecule has 3 heterocycles. The summed E-state index contributed by atoms with van der Waals surface area (Å²) in [4.78, 5) is 18.8. The van der Waals surface area contributed by atoms with Crippen molar-refractivity contribution < 1.29 is 4.79 Å². The molecule has 0 aromatic heterocycles. The molecule has 5 heteroatoms. The van der Waals surface area contributed by atoms with Gasteiger partial charge in [0.2, 0.25) is 5.91 Å². The highest BCUT2D eigenvalue weighted by Crippen LogP contribution is 2.35. The van der Waals surface area contributed by atoms with Crippen LogP contribution in [0.2, 0.25) is 0 Å². The maximum absolute atomic E-state index is 13.9. The number of rotatable bonds is 7. The summed E-state index contributed by atoms with van der Waals surface area (Å²) in [5.74, 6) is 1.35. The van der Waals surface area contributed by atoms with E-state index in [4.69, 9.17) is 0 Å². The second-order valence-electron chi connectivity index (χ2n) is 11.0. The second kappa shape index (κ2) is 11.2. The molecule has 2 aromatic rings. The lowest BCUT2D eigenvalue weighted by atomic mass is 9.93. The number of benzene rings is 2. The highest BCUT2D eigenvalue weighted by Gasteiger charge is 2.41. The first-order valence-corrected chi connectivity index (χ1v) is 13.7. The molecule has 0 spiro atoms. The van der Waals surface area contributed by atoms with E-state index < -0.39 is 0 Å². The molecule has 188 valence electrons. The Morgan fingerprint density at radius 3 is 2.34 bits per heavy atom. The number of hydrogen-bond acceptors (Lipinski definition) is 4. The summed E-state index contributed by atoms with van der Waals surface area (Å²) in [7, 11) is 2.01. The molecule has 1 amide bonds. The van der Waals surface area contributed by atoms with Gasteiger partial charge in [0.25, 0.3) is 0 Å². The predicted octanol–water partition coefficient (Wildman–Crippen LogP) is 3.98. The van der Waals surface area contributed by atoms with Crippen molar-refractivity contribution in [3.8, 4) is 0 Å². The molecule has 3 aliphatic heterocycles. The summed E-state index contributed by atoms with van der Waals surface area (Å²) in [5.41, 5.74) is 2.82. The number of likely N-dealkylation sites (tertiary alicyclic amines) is 2. The highest BCUT2D eigenvalue weighted by molar-refractivity contribution is 5.83. The van der Waals surface area contributed by atoms with Crippen LogP contribution in [0.4, 0.5) is 0 Å². The van der Waals surface area contributed by atoms with Gasteiger partial charge in [-0.3, -0.25) is 4.79 Å². The van der Waals surface area contributed by atoms with Crippen molar-refractivity contribution in [2.75, 3.05) is 33.2 Å². The molecule has 35 heavy (non-hydrogen) atoms. The first-order valence-electron chi connectivity index (χ1n) is 13.7. The summed E-state index contributed by atoms with van der Waals surface area (Å²) in [6, 6.07) is 22.7. The molecule has 6 unspecified atom stereocenters. The Bertz CT molecular complexity index is 951. The van der Waals surface area contributed by atoms with E-state index in [9.17, 15) is 4.79 Å². The molecule has 5 rings (SSSR count). The van der Waals surface area contributed by atoms with Crippen LogP contribution < -0.4 is 10.6 Å². The van der Waals surface area contributed by atoms with E-state index in [1.165, 1.54) is 17.5 Å². The Morgan fingerprint density at radius 2 is 1.66 bits per heavy atom. The number of likely N-dealkylation sites (N-methyl/N-ethyl adjacent to an activating group) is 1. The third-order valence-corrected chi connectivity index (χ3v) is 8.76. The minimum atomic E-state index is -0.0581. The normalized spacial score (nSPS) is 30.5. The summed E-state index contributed by atoms with van der Waals surface area (Å²) in [6.07, 6.45) is 5.47. The summed E-state index contributed by atoms with van der Waals surface area (Å²) >= 11 is 0. The van der Waals surface area contributed by atoms with Crippen LogP contribution in [0, 0.1) is 0 Å². The van der Waals surface area contributed by atoms with E-state index >= 15 is 0 Å². The number of carbonyl (C=O) groups is 1. The van der Waals surface area contributed by atoms with Crippen LogP contribution in [-0.4, -0.2) is 73.1 Å². The maximum Gasteiger partial charge on any atom is 0.240 e. The molecule has 0 aliphatic carbocycles. The van der Waals surface area contributed by atoms with Gasteiger partial charge < -0.3 is 20.4 Å². The molecule has 2 aromatic carbocycles. The number of carbonyl (C=O) groups excluding carboxylic acids is 1. The highest BCUT2D eigenvalue weighted by atomic mass is 16.2. The molecule has 3 saturated heterocycles. The Balaban J connectivity index is 1.29. The van der Waals surface area contributed by atoms with Crippen LogP contribution in [0.3, 0.4) is 0 Å². The fraction of sp³-hybridized carbons (Fsp3) is 0.567. The van der Waals surface area contributed by atoms with E-state index in [1.807, 2.05) is 7.05 Å². The molecule has 3 fully saturated rings. The third kappa shape index (κ3) is 5.63. The van der Waals surface area contributed by atoms with Gasteiger partial charge in [-0.25, -0.2) is 0 Å². The second-order valence-corrected chi connectivity index (χ2v) is 11.0. The molecular formula is C30H42N4O. The largest absolute Gasteiger partial charge is 0.336 e. The van der Waals surface area contributed by atoms with Crippen LogP contribution in [0.15, 0.2) is 60.7 Å². The summed E-state index contributed by atoms with van der Waals surface area (Å²) in [5, 5.41) is 7.08. The minimum Gasteiger partial charge on any atom is -0.336 e. The van der Waals surface area contributed by atoms with Gasteiger partial charge in [0.15, 0.2) is 0 Å². The zero-order valence-corrected chi connectivity index (χ0v) is 21.4. The number of hydrogen-bond donors (Lipinski definition) is 2. The van der Waals surface area contributed by atoms with Crippen LogP contribution in [-0.2, 0) is 4.79 Å². The molecule has 5 nitrogen and oxygen atoms in total. The van der Waals surface area contributed by atoms with E-state index in [0.29, 0.717) is 29.8 Å². The quantitative estimate of drug-likeness (QED) is 0.637. The molecule has 0 saturated carbocycles. The van der Waals surface area contributed by atoms with Gasteiger partial charge >= 0.3 is 0 Å². The Morgan fingerprint density at radius 1 is 0.971 bits per heavy atom. The van der Waals surface area contributed by atoms with Crippen molar-refractivity contribution in [3.05, 3.63) is 71.8 Å². The summed E-state index contributed by atoms with van der Waals surface area (Å²) in [6.45, 7) is 6.26. The van der Waals surface area contributed by atoms with Crippen molar-refractivity contribution in [3.63, 3.8) is 0 Å². The lowest BCUT2D eigenvalue weighted by Gasteiger charge is -2.37. The number of piperidine rings is 1. The number of nitrogens with one attached hydrogen (secondary N) is 2. The lowest BCUT2D eigenvalue weighted by Crippen LogP contribution is -2.58. The SMILES string of the molecule is CNC(C)C1CCCC(C(=O)N2CC(c3ccccc3)CC2CN2CCC(c3ccccc3)C2)N1. The number of nitrogens with zero attached hydrogens (tertiary/aromatic N) is 2. The summed E-state index contributed by atoms with van der Waals surface area (Å²) < 4.78 is 0. The lowest BCUT2D eigenvalue weighted by molar-refractivity contribution is -0.135. The van der Waals surface area contributed by atoms with E-state index in [2.05, 4.69) is 88.0 Å². The van der Waals surface area contributed by atoms with E-state index in [1.54, 1.807) is 0 Å². The van der Waals surface area contributed by atoms with Crippen LogP contribution >= 0.6 is 0 Å². The topological polar surface area (TPSA) is 47.6 Å². The van der Waals surface area contributed by atoms with Crippen molar-refractivity contribution in [1.29, 1.82) is 0 Å². The number of amides is 1. The molecule has 0 radical (unpaired) electrons. The Labute approximate surface area is 211 Å². The van der Waals surface area contributed by atoms with Gasteiger partial charge in [0, 0.05) is 43.7 Å². The monoisotopic (exact) mass is 474 g/mol.